The Hall–Kier alpha value is -0.610. The van der Waals surface area contributed by atoms with Gasteiger partial charge in [0.1, 0.15) is 6.04 Å². The molecule has 4 heteroatoms. The number of ether oxygens (including phenoxy) is 1. The van der Waals surface area contributed by atoms with Gasteiger partial charge in [0.2, 0.25) is 0 Å². The van der Waals surface area contributed by atoms with E-state index < -0.39 is 12.0 Å². The van der Waals surface area contributed by atoms with E-state index in [0.717, 1.165) is 6.54 Å². The number of carbonyl (C=O) groups is 1. The number of carboxylic acids is 1. The van der Waals surface area contributed by atoms with E-state index in [4.69, 9.17) is 9.84 Å². The summed E-state index contributed by atoms with van der Waals surface area (Å²) in [4.78, 5) is 13.2. The Bertz CT molecular complexity index is 263. The van der Waals surface area contributed by atoms with E-state index in [0.29, 0.717) is 24.7 Å². The molecule has 2 rings (SSSR count). The predicted molar refractivity (Wildman–Crippen MR) is 55.8 cm³/mol. The summed E-state index contributed by atoms with van der Waals surface area (Å²) in [5.41, 5.74) is 0.338. The lowest BCUT2D eigenvalue weighted by Crippen LogP contribution is -2.55. The van der Waals surface area contributed by atoms with Crippen LogP contribution in [0.5, 0.6) is 0 Å². The van der Waals surface area contributed by atoms with Gasteiger partial charge in [0.15, 0.2) is 0 Å². The van der Waals surface area contributed by atoms with Crippen molar-refractivity contribution in [1.82, 2.24) is 4.90 Å². The molecule has 1 N–H and O–H groups in total. The molecule has 1 saturated heterocycles. The van der Waals surface area contributed by atoms with E-state index in [-0.39, 0.29) is 0 Å². The van der Waals surface area contributed by atoms with Gasteiger partial charge in [-0.15, -0.1) is 0 Å². The lowest BCUT2D eigenvalue weighted by atomic mass is 9.97. The number of aliphatic carboxylic acids is 1. The molecule has 0 aromatic carbocycles. The molecule has 0 aromatic heterocycles. The van der Waals surface area contributed by atoms with Crippen LogP contribution >= 0.6 is 0 Å². The van der Waals surface area contributed by atoms with Gasteiger partial charge < -0.3 is 9.84 Å². The fourth-order valence-corrected chi connectivity index (χ4v) is 2.31. The third kappa shape index (κ3) is 2.01. The van der Waals surface area contributed by atoms with Gasteiger partial charge in [-0.2, -0.15) is 0 Å². The number of hydrogen-bond acceptors (Lipinski definition) is 3. The minimum atomic E-state index is -0.759. The molecule has 0 amide bonds. The molecule has 15 heavy (non-hydrogen) atoms. The van der Waals surface area contributed by atoms with Crippen molar-refractivity contribution in [2.24, 2.45) is 5.41 Å². The van der Waals surface area contributed by atoms with Crippen LogP contribution < -0.4 is 0 Å². The van der Waals surface area contributed by atoms with Crippen LogP contribution in [-0.2, 0) is 9.53 Å². The second kappa shape index (κ2) is 3.76. The van der Waals surface area contributed by atoms with Gasteiger partial charge >= 0.3 is 5.97 Å². The number of nitrogens with zero attached hydrogens (tertiary/aromatic N) is 1. The molecule has 1 aliphatic heterocycles. The summed E-state index contributed by atoms with van der Waals surface area (Å²) in [6.07, 6.45) is 2.44. The van der Waals surface area contributed by atoms with Crippen LogP contribution in [0.4, 0.5) is 0 Å². The zero-order valence-electron chi connectivity index (χ0n) is 9.40. The number of rotatable bonds is 3. The predicted octanol–water partition coefficient (Wildman–Crippen LogP) is 0.960. The van der Waals surface area contributed by atoms with Crippen molar-refractivity contribution >= 4 is 5.97 Å². The molecule has 0 aromatic rings. The molecular weight excluding hydrogens is 194 g/mol. The Morgan fingerprint density at radius 1 is 1.60 bits per heavy atom. The molecule has 0 bridgehead atoms. The molecular formula is C11H19NO3. The summed E-state index contributed by atoms with van der Waals surface area (Å²) in [5.74, 6) is -0.759. The van der Waals surface area contributed by atoms with Gasteiger partial charge in [0.05, 0.1) is 13.2 Å². The first-order chi connectivity index (χ1) is 7.04. The van der Waals surface area contributed by atoms with Crippen molar-refractivity contribution in [3.8, 4) is 0 Å². The normalized spacial score (nSPS) is 32.3. The van der Waals surface area contributed by atoms with Crippen molar-refractivity contribution in [2.75, 3.05) is 19.8 Å². The van der Waals surface area contributed by atoms with Gasteiger partial charge in [0.25, 0.3) is 0 Å². The summed E-state index contributed by atoms with van der Waals surface area (Å²) in [6, 6.07) is -0.103. The maximum absolute atomic E-state index is 11.1. The molecule has 1 aliphatic carbocycles. The Morgan fingerprint density at radius 2 is 2.27 bits per heavy atom. The van der Waals surface area contributed by atoms with Gasteiger partial charge in [-0.05, 0) is 25.2 Å². The second-order valence-corrected chi connectivity index (χ2v) is 5.00. The maximum Gasteiger partial charge on any atom is 0.323 e. The van der Waals surface area contributed by atoms with Crippen LogP contribution in [0, 0.1) is 5.41 Å². The summed E-state index contributed by atoms with van der Waals surface area (Å²) < 4.78 is 5.23. The van der Waals surface area contributed by atoms with E-state index in [1.165, 1.54) is 12.8 Å². The van der Waals surface area contributed by atoms with Crippen molar-refractivity contribution < 1.29 is 14.6 Å². The van der Waals surface area contributed by atoms with E-state index in [2.05, 4.69) is 18.7 Å². The van der Waals surface area contributed by atoms with Crippen LogP contribution in [0.2, 0.25) is 0 Å². The Balaban J connectivity index is 2.07. The van der Waals surface area contributed by atoms with Gasteiger partial charge in [-0.3, -0.25) is 9.69 Å². The topological polar surface area (TPSA) is 49.8 Å². The van der Waals surface area contributed by atoms with Crippen LogP contribution in [0.3, 0.4) is 0 Å². The van der Waals surface area contributed by atoms with Crippen molar-refractivity contribution in [3.63, 3.8) is 0 Å². The highest BCUT2D eigenvalue weighted by atomic mass is 16.5. The molecule has 2 fully saturated rings. The first kappa shape index (κ1) is 10.9. The molecule has 86 valence electrons. The summed E-state index contributed by atoms with van der Waals surface area (Å²) in [5, 5.41) is 9.12. The SMILES string of the molecule is CC(N1CCOCC1C(=O)O)C1(C)CC1. The molecule has 2 aliphatic rings. The number of morpholine rings is 1. The van der Waals surface area contributed by atoms with Crippen molar-refractivity contribution in [3.05, 3.63) is 0 Å². The quantitative estimate of drug-likeness (QED) is 0.758. The Labute approximate surface area is 90.2 Å². The summed E-state index contributed by atoms with van der Waals surface area (Å²) in [7, 11) is 0. The standard InChI is InChI=1S/C11H19NO3/c1-8(11(2)3-4-11)12-5-6-15-7-9(12)10(13)14/h8-9H,3-7H2,1-2H3,(H,13,14). The zero-order chi connectivity index (χ0) is 11.1. The van der Waals surface area contributed by atoms with E-state index >= 15 is 0 Å². The molecule has 0 radical (unpaired) electrons. The second-order valence-electron chi connectivity index (χ2n) is 5.00. The molecule has 0 spiro atoms. The lowest BCUT2D eigenvalue weighted by molar-refractivity contribution is -0.152. The van der Waals surface area contributed by atoms with E-state index in [1.807, 2.05) is 0 Å². The Morgan fingerprint density at radius 3 is 2.80 bits per heavy atom. The third-order valence-corrected chi connectivity index (χ3v) is 4.00. The average Bonchev–Trinajstić information content (AvgIpc) is 2.96. The molecule has 2 unspecified atom stereocenters. The molecule has 1 heterocycles. The molecule has 4 nitrogen and oxygen atoms in total. The monoisotopic (exact) mass is 213 g/mol. The highest BCUT2D eigenvalue weighted by molar-refractivity contribution is 5.73. The first-order valence-corrected chi connectivity index (χ1v) is 5.61. The smallest absolute Gasteiger partial charge is 0.323 e. The van der Waals surface area contributed by atoms with Gasteiger partial charge in [0, 0.05) is 12.6 Å². The van der Waals surface area contributed by atoms with E-state index in [1.54, 1.807) is 0 Å². The largest absolute Gasteiger partial charge is 0.480 e. The zero-order valence-corrected chi connectivity index (χ0v) is 9.40. The van der Waals surface area contributed by atoms with Crippen molar-refractivity contribution in [2.45, 2.75) is 38.8 Å². The van der Waals surface area contributed by atoms with E-state index in [9.17, 15) is 4.79 Å². The molecule has 1 saturated carbocycles. The lowest BCUT2D eigenvalue weighted by Gasteiger charge is -2.40. The Kier molecular flexibility index (Phi) is 2.73. The highest BCUT2D eigenvalue weighted by Crippen LogP contribution is 2.50. The fraction of sp³-hybridized carbons (Fsp3) is 0.909. The van der Waals surface area contributed by atoms with Crippen LogP contribution in [-0.4, -0.2) is 47.8 Å². The minimum Gasteiger partial charge on any atom is -0.480 e. The van der Waals surface area contributed by atoms with Gasteiger partial charge in [-0.25, -0.2) is 0 Å². The number of carboxylic acid groups (broad SMARTS) is 1. The average molecular weight is 213 g/mol. The van der Waals surface area contributed by atoms with Gasteiger partial charge in [-0.1, -0.05) is 6.92 Å². The van der Waals surface area contributed by atoms with Crippen LogP contribution in [0.15, 0.2) is 0 Å². The van der Waals surface area contributed by atoms with Crippen LogP contribution in [0.25, 0.3) is 0 Å². The van der Waals surface area contributed by atoms with Crippen molar-refractivity contribution in [1.29, 1.82) is 0 Å². The number of hydrogen-bond donors (Lipinski definition) is 1. The third-order valence-electron chi connectivity index (χ3n) is 4.00. The highest BCUT2D eigenvalue weighted by Gasteiger charge is 2.47. The summed E-state index contributed by atoms with van der Waals surface area (Å²) >= 11 is 0. The summed E-state index contributed by atoms with van der Waals surface area (Å²) in [6.45, 7) is 6.12. The molecule has 2 atom stereocenters. The fourth-order valence-electron chi connectivity index (χ4n) is 2.31. The maximum atomic E-state index is 11.1. The van der Waals surface area contributed by atoms with Crippen LogP contribution in [0.1, 0.15) is 26.7 Å². The first-order valence-electron chi connectivity index (χ1n) is 5.61. The minimum absolute atomic E-state index is 0.329.